The van der Waals surface area contributed by atoms with E-state index in [1.165, 1.54) is 0 Å². The zero-order valence-corrected chi connectivity index (χ0v) is 14.2. The molecule has 0 aliphatic carbocycles. The molecule has 0 heterocycles. The second-order valence-electron chi connectivity index (χ2n) is 5.66. The molecule has 27 heavy (non-hydrogen) atoms. The minimum absolute atomic E-state index is 0.0573. The van der Waals surface area contributed by atoms with Crippen LogP contribution in [0.2, 0.25) is 0 Å². The monoisotopic (exact) mass is 394 g/mol. The minimum Gasteiger partial charge on any atom is -0.496 e. The highest BCUT2D eigenvalue weighted by Gasteiger charge is 2.74. The van der Waals surface area contributed by atoms with Crippen LogP contribution in [0.1, 0.15) is 11.1 Å². The lowest BCUT2D eigenvalue weighted by molar-refractivity contribution is -0.289. The molecule has 2 aromatic rings. The van der Waals surface area contributed by atoms with E-state index >= 15 is 0 Å². The number of halogens is 6. The van der Waals surface area contributed by atoms with Gasteiger partial charge in [0, 0.05) is 34.6 Å². The maximum absolute atomic E-state index is 14.2. The first kappa shape index (κ1) is 20.5. The van der Waals surface area contributed by atoms with Crippen molar-refractivity contribution in [3.63, 3.8) is 0 Å². The van der Waals surface area contributed by atoms with Gasteiger partial charge in [-0.05, 0) is 12.1 Å². The highest BCUT2D eigenvalue weighted by atomic mass is 19.4. The van der Waals surface area contributed by atoms with Gasteiger partial charge in [0.15, 0.2) is 0 Å². The van der Waals surface area contributed by atoms with Gasteiger partial charge >= 0.3 is 12.4 Å². The van der Waals surface area contributed by atoms with E-state index in [9.17, 15) is 26.3 Å². The van der Waals surface area contributed by atoms with Crippen molar-refractivity contribution in [1.29, 1.82) is 0 Å². The zero-order valence-electron chi connectivity index (χ0n) is 14.2. The van der Waals surface area contributed by atoms with E-state index in [4.69, 9.17) is 20.9 Å². The van der Waals surface area contributed by atoms with E-state index in [0.29, 0.717) is 12.1 Å². The van der Waals surface area contributed by atoms with Gasteiger partial charge < -0.3 is 20.9 Å². The van der Waals surface area contributed by atoms with Crippen molar-refractivity contribution in [2.75, 3.05) is 25.7 Å². The summed E-state index contributed by atoms with van der Waals surface area (Å²) in [5.41, 5.74) is 4.11. The quantitative estimate of drug-likeness (QED) is 0.600. The minimum atomic E-state index is -5.79. The topological polar surface area (TPSA) is 70.5 Å². The third-order valence-corrected chi connectivity index (χ3v) is 4.11. The normalized spacial score (nSPS) is 12.7. The van der Waals surface area contributed by atoms with Crippen LogP contribution in [0.5, 0.6) is 11.5 Å². The van der Waals surface area contributed by atoms with E-state index in [2.05, 4.69) is 0 Å². The molecule has 0 unspecified atom stereocenters. The lowest BCUT2D eigenvalue weighted by Crippen LogP contribution is -2.55. The van der Waals surface area contributed by atoms with Crippen LogP contribution >= 0.6 is 0 Å². The first-order valence-electron chi connectivity index (χ1n) is 7.41. The molecule has 0 saturated heterocycles. The number of hydrogen-bond acceptors (Lipinski definition) is 4. The van der Waals surface area contributed by atoms with Crippen LogP contribution in [0, 0.1) is 0 Å². The van der Waals surface area contributed by atoms with E-state index in [1.807, 2.05) is 0 Å². The Hall–Kier alpha value is -2.78. The van der Waals surface area contributed by atoms with E-state index in [-0.39, 0.29) is 11.4 Å². The molecule has 4 nitrogen and oxygen atoms in total. The number of nitrogen functional groups attached to an aromatic ring is 2. The average Bonchev–Trinajstić information content (AvgIpc) is 2.55. The molecule has 0 spiro atoms. The van der Waals surface area contributed by atoms with Crippen molar-refractivity contribution in [3.05, 3.63) is 47.5 Å². The second kappa shape index (κ2) is 6.75. The molecule has 0 aromatic heterocycles. The summed E-state index contributed by atoms with van der Waals surface area (Å²) in [6.45, 7) is 0. The van der Waals surface area contributed by atoms with Crippen molar-refractivity contribution in [2.45, 2.75) is 17.8 Å². The summed E-state index contributed by atoms with van der Waals surface area (Å²) in [6, 6.07) is 4.95. The Labute approximate surface area is 150 Å². The summed E-state index contributed by atoms with van der Waals surface area (Å²) in [5, 5.41) is 0. The molecule has 0 radical (unpaired) electrons. The van der Waals surface area contributed by atoms with Gasteiger partial charge in [0.2, 0.25) is 5.41 Å². The Kier molecular flexibility index (Phi) is 5.13. The van der Waals surface area contributed by atoms with Gasteiger partial charge in [-0.1, -0.05) is 12.1 Å². The highest BCUT2D eigenvalue weighted by Crippen LogP contribution is 2.60. The summed E-state index contributed by atoms with van der Waals surface area (Å²) in [7, 11) is 1.91. The number of ether oxygens (including phenoxy) is 2. The number of hydrogen-bond donors (Lipinski definition) is 2. The number of nitrogens with two attached hydrogens (primary N) is 2. The molecular formula is C17H16F6N2O2. The summed E-state index contributed by atoms with van der Waals surface area (Å²) in [5.74, 6) is -1.33. The summed E-state index contributed by atoms with van der Waals surface area (Å²) in [6.07, 6.45) is -11.6. The van der Waals surface area contributed by atoms with Crippen LogP contribution in [0.15, 0.2) is 36.4 Å². The Bertz CT molecular complexity index is 764. The molecule has 10 heteroatoms. The maximum atomic E-state index is 14.2. The number of alkyl halides is 6. The Balaban J connectivity index is 3.07. The molecular weight excluding hydrogens is 378 g/mol. The van der Waals surface area contributed by atoms with E-state index in [1.54, 1.807) is 0 Å². The molecule has 148 valence electrons. The number of benzene rings is 2. The molecule has 2 rings (SSSR count). The van der Waals surface area contributed by atoms with Crippen LogP contribution in [0.25, 0.3) is 0 Å². The third kappa shape index (κ3) is 3.19. The zero-order chi connectivity index (χ0) is 20.6. The van der Waals surface area contributed by atoms with Gasteiger partial charge in [0.05, 0.1) is 14.2 Å². The predicted molar refractivity (Wildman–Crippen MR) is 87.7 cm³/mol. The fraction of sp³-hybridized carbons (Fsp3) is 0.294. The fourth-order valence-electron chi connectivity index (χ4n) is 2.95. The Morgan fingerprint density at radius 3 is 1.26 bits per heavy atom. The standard InChI is InChI=1S/C17H16F6N2O2/c1-26-13-7-9(24)3-5-11(13)15(16(18,19)20,17(21,22)23)12-6-4-10(25)8-14(12)27-2/h3-8H,24-25H2,1-2H3. The number of methoxy groups -OCH3 is 2. The van der Waals surface area contributed by atoms with E-state index in [0.717, 1.165) is 38.5 Å². The van der Waals surface area contributed by atoms with E-state index < -0.39 is 40.4 Å². The molecule has 0 amide bonds. The van der Waals surface area contributed by atoms with Gasteiger partial charge in [-0.25, -0.2) is 0 Å². The summed E-state index contributed by atoms with van der Waals surface area (Å²) < 4.78 is 94.7. The van der Waals surface area contributed by atoms with Crippen molar-refractivity contribution >= 4 is 11.4 Å². The van der Waals surface area contributed by atoms with Crippen LogP contribution in [-0.2, 0) is 5.41 Å². The largest absolute Gasteiger partial charge is 0.496 e. The fourth-order valence-corrected chi connectivity index (χ4v) is 2.95. The maximum Gasteiger partial charge on any atom is 0.411 e. The van der Waals surface area contributed by atoms with Crippen LogP contribution in [0.4, 0.5) is 37.7 Å². The van der Waals surface area contributed by atoms with Crippen LogP contribution < -0.4 is 20.9 Å². The van der Waals surface area contributed by atoms with Crippen molar-refractivity contribution in [3.8, 4) is 11.5 Å². The highest BCUT2D eigenvalue weighted by molar-refractivity contribution is 5.61. The van der Waals surface area contributed by atoms with Gasteiger partial charge in [-0.2, -0.15) is 26.3 Å². The van der Waals surface area contributed by atoms with Crippen molar-refractivity contribution in [1.82, 2.24) is 0 Å². The number of rotatable bonds is 4. The van der Waals surface area contributed by atoms with Gasteiger partial charge in [0.25, 0.3) is 0 Å². The molecule has 0 saturated carbocycles. The summed E-state index contributed by atoms with van der Waals surface area (Å²) in [4.78, 5) is 0. The first-order chi connectivity index (χ1) is 12.4. The van der Waals surface area contributed by atoms with Crippen LogP contribution in [0.3, 0.4) is 0 Å². The lowest BCUT2D eigenvalue weighted by Gasteiger charge is -2.39. The Morgan fingerprint density at radius 2 is 1.00 bits per heavy atom. The van der Waals surface area contributed by atoms with Gasteiger partial charge in [0.1, 0.15) is 11.5 Å². The molecule has 0 bridgehead atoms. The second-order valence-corrected chi connectivity index (χ2v) is 5.66. The van der Waals surface area contributed by atoms with Crippen LogP contribution in [-0.4, -0.2) is 26.6 Å². The first-order valence-corrected chi connectivity index (χ1v) is 7.41. The summed E-state index contributed by atoms with van der Waals surface area (Å²) >= 11 is 0. The van der Waals surface area contributed by atoms with Crippen molar-refractivity contribution < 1.29 is 35.8 Å². The average molecular weight is 394 g/mol. The predicted octanol–water partition coefficient (Wildman–Crippen LogP) is 4.28. The lowest BCUT2D eigenvalue weighted by atomic mass is 9.72. The molecule has 0 fully saturated rings. The molecule has 4 N–H and O–H groups in total. The van der Waals surface area contributed by atoms with Gasteiger partial charge in [-0.15, -0.1) is 0 Å². The smallest absolute Gasteiger partial charge is 0.411 e. The SMILES string of the molecule is COc1cc(N)ccc1C(c1ccc(N)cc1OC)(C(F)(F)F)C(F)(F)F. The third-order valence-electron chi connectivity index (χ3n) is 4.11. The van der Waals surface area contributed by atoms with Gasteiger partial charge in [-0.3, -0.25) is 0 Å². The number of anilines is 2. The van der Waals surface area contributed by atoms with Crippen molar-refractivity contribution in [2.24, 2.45) is 0 Å². The Morgan fingerprint density at radius 1 is 0.667 bits per heavy atom. The molecule has 0 aliphatic rings. The molecule has 0 atom stereocenters. The molecule has 2 aromatic carbocycles. The molecule has 0 aliphatic heterocycles.